The highest BCUT2D eigenvalue weighted by Gasteiger charge is 2.33. The van der Waals surface area contributed by atoms with Crippen molar-refractivity contribution < 1.29 is 19.0 Å². The molecule has 0 aliphatic heterocycles. The van der Waals surface area contributed by atoms with E-state index in [1.807, 2.05) is 25.1 Å². The number of rotatable bonds is 7. The Labute approximate surface area is 113 Å². The summed E-state index contributed by atoms with van der Waals surface area (Å²) in [5, 5.41) is 2.91. The summed E-state index contributed by atoms with van der Waals surface area (Å²) in [6, 6.07) is 7.36. The van der Waals surface area contributed by atoms with E-state index in [2.05, 4.69) is 5.32 Å². The number of hydrogen-bond donors (Lipinski definition) is 1. The number of carbonyl (C=O) groups is 1. The van der Waals surface area contributed by atoms with Crippen molar-refractivity contribution in [2.75, 3.05) is 27.4 Å². The first kappa shape index (κ1) is 15.3. The molecule has 0 spiro atoms. The lowest BCUT2D eigenvalue weighted by Gasteiger charge is -2.26. The number of ether oxygens (including phenoxy) is 3. The van der Waals surface area contributed by atoms with Crippen LogP contribution in [0.5, 0.6) is 11.5 Å². The molecule has 0 bridgehead atoms. The number of methoxy groups -OCH3 is 1. The number of hydrogen-bond acceptors (Lipinski definition) is 5. The Kier molecular flexibility index (Phi) is 5.63. The van der Waals surface area contributed by atoms with Crippen molar-refractivity contribution >= 4 is 5.97 Å². The first-order chi connectivity index (χ1) is 9.07. The van der Waals surface area contributed by atoms with Gasteiger partial charge in [-0.25, -0.2) is 4.79 Å². The lowest BCUT2D eigenvalue weighted by Crippen LogP contribution is -2.52. The summed E-state index contributed by atoms with van der Waals surface area (Å²) in [4.78, 5) is 11.7. The third kappa shape index (κ3) is 3.86. The van der Waals surface area contributed by atoms with Crippen molar-refractivity contribution in [1.29, 1.82) is 0 Å². The zero-order chi connectivity index (χ0) is 14.3. The van der Waals surface area contributed by atoms with Crippen molar-refractivity contribution in [3.8, 4) is 11.5 Å². The topological polar surface area (TPSA) is 56.8 Å². The Morgan fingerprint density at radius 3 is 2.32 bits per heavy atom. The molecule has 0 fully saturated rings. The standard InChI is InChI=1S/C14H21NO4/c1-5-18-11-8-6-7-9-12(11)19-10-14(2,15-3)13(16)17-4/h6-9,15H,5,10H2,1-4H3. The third-order valence-corrected chi connectivity index (χ3v) is 2.85. The average molecular weight is 267 g/mol. The van der Waals surface area contributed by atoms with E-state index in [0.29, 0.717) is 18.1 Å². The second-order valence-electron chi connectivity index (χ2n) is 4.24. The molecular weight excluding hydrogens is 246 g/mol. The molecule has 1 unspecified atom stereocenters. The van der Waals surface area contributed by atoms with Crippen LogP contribution in [0, 0.1) is 0 Å². The minimum atomic E-state index is -0.895. The van der Waals surface area contributed by atoms with Gasteiger partial charge in [-0.15, -0.1) is 0 Å². The monoisotopic (exact) mass is 267 g/mol. The molecule has 1 atom stereocenters. The molecule has 1 aromatic rings. The second-order valence-corrected chi connectivity index (χ2v) is 4.24. The molecule has 5 nitrogen and oxygen atoms in total. The number of likely N-dealkylation sites (N-methyl/N-ethyl adjacent to an activating group) is 1. The molecule has 0 radical (unpaired) electrons. The predicted molar refractivity (Wildman–Crippen MR) is 72.6 cm³/mol. The van der Waals surface area contributed by atoms with Crippen molar-refractivity contribution in [1.82, 2.24) is 5.32 Å². The Bertz CT molecular complexity index is 422. The lowest BCUT2D eigenvalue weighted by atomic mass is 10.1. The molecule has 0 saturated carbocycles. The minimum absolute atomic E-state index is 0.153. The zero-order valence-corrected chi connectivity index (χ0v) is 11.9. The summed E-state index contributed by atoms with van der Waals surface area (Å²) in [5.41, 5.74) is -0.895. The molecule has 0 aliphatic carbocycles. The molecule has 1 rings (SSSR count). The molecule has 1 aromatic carbocycles. The molecule has 106 valence electrons. The number of carbonyl (C=O) groups excluding carboxylic acids is 1. The van der Waals surface area contributed by atoms with E-state index < -0.39 is 5.54 Å². The summed E-state index contributed by atoms with van der Waals surface area (Å²) in [7, 11) is 3.04. The molecule has 0 saturated heterocycles. The maximum absolute atomic E-state index is 11.7. The number of benzene rings is 1. The summed E-state index contributed by atoms with van der Waals surface area (Å²) in [5.74, 6) is 0.895. The second kappa shape index (κ2) is 6.99. The maximum Gasteiger partial charge on any atom is 0.329 e. The summed E-state index contributed by atoms with van der Waals surface area (Å²) in [6.45, 7) is 4.34. The van der Waals surface area contributed by atoms with Gasteiger partial charge in [0.25, 0.3) is 0 Å². The largest absolute Gasteiger partial charge is 0.490 e. The highest BCUT2D eigenvalue weighted by molar-refractivity contribution is 5.80. The van der Waals surface area contributed by atoms with Crippen LogP contribution in [0.4, 0.5) is 0 Å². The van der Waals surface area contributed by atoms with Crippen molar-refractivity contribution in [3.63, 3.8) is 0 Å². The van der Waals surface area contributed by atoms with Gasteiger partial charge in [0.1, 0.15) is 12.1 Å². The van der Waals surface area contributed by atoms with Gasteiger partial charge in [-0.2, -0.15) is 0 Å². The van der Waals surface area contributed by atoms with Gasteiger partial charge >= 0.3 is 5.97 Å². The Morgan fingerprint density at radius 2 is 1.84 bits per heavy atom. The third-order valence-electron chi connectivity index (χ3n) is 2.85. The fourth-order valence-corrected chi connectivity index (χ4v) is 1.52. The molecule has 1 N–H and O–H groups in total. The smallest absolute Gasteiger partial charge is 0.329 e. The van der Waals surface area contributed by atoms with Crippen LogP contribution in [-0.2, 0) is 9.53 Å². The number of nitrogens with one attached hydrogen (secondary N) is 1. The van der Waals surface area contributed by atoms with Gasteiger partial charge in [-0.1, -0.05) is 12.1 Å². The van der Waals surface area contributed by atoms with Crippen molar-refractivity contribution in [2.45, 2.75) is 19.4 Å². The first-order valence-electron chi connectivity index (χ1n) is 6.19. The summed E-state index contributed by atoms with van der Waals surface area (Å²) < 4.78 is 15.9. The molecule has 0 amide bonds. The number of para-hydroxylation sites is 2. The van der Waals surface area contributed by atoms with Crippen LogP contribution in [0.1, 0.15) is 13.8 Å². The van der Waals surface area contributed by atoms with Crippen LogP contribution in [0.25, 0.3) is 0 Å². The number of esters is 1. The van der Waals surface area contributed by atoms with Crippen molar-refractivity contribution in [3.05, 3.63) is 24.3 Å². The van der Waals surface area contributed by atoms with E-state index in [-0.39, 0.29) is 12.6 Å². The summed E-state index contributed by atoms with van der Waals surface area (Å²) >= 11 is 0. The molecule has 5 heteroatoms. The van der Waals surface area contributed by atoms with Crippen LogP contribution in [0.3, 0.4) is 0 Å². The fraction of sp³-hybridized carbons (Fsp3) is 0.500. The minimum Gasteiger partial charge on any atom is -0.490 e. The molecular formula is C14H21NO4. The van der Waals surface area contributed by atoms with Gasteiger partial charge in [0.15, 0.2) is 11.5 Å². The van der Waals surface area contributed by atoms with E-state index in [9.17, 15) is 4.79 Å². The first-order valence-corrected chi connectivity index (χ1v) is 6.19. The molecule has 0 aliphatic rings. The lowest BCUT2D eigenvalue weighted by molar-refractivity contribution is -0.148. The highest BCUT2D eigenvalue weighted by Crippen LogP contribution is 2.27. The van der Waals surface area contributed by atoms with E-state index in [4.69, 9.17) is 14.2 Å². The quantitative estimate of drug-likeness (QED) is 0.761. The van der Waals surface area contributed by atoms with E-state index in [0.717, 1.165) is 0 Å². The zero-order valence-electron chi connectivity index (χ0n) is 11.9. The average Bonchev–Trinajstić information content (AvgIpc) is 2.45. The maximum atomic E-state index is 11.7. The van der Waals surface area contributed by atoms with Crippen LogP contribution in [-0.4, -0.2) is 38.9 Å². The van der Waals surface area contributed by atoms with Crippen molar-refractivity contribution in [2.24, 2.45) is 0 Å². The van der Waals surface area contributed by atoms with Crippen LogP contribution in [0.15, 0.2) is 24.3 Å². The van der Waals surface area contributed by atoms with Gasteiger partial charge in [0.05, 0.1) is 13.7 Å². The van der Waals surface area contributed by atoms with Gasteiger partial charge in [-0.05, 0) is 33.0 Å². The van der Waals surface area contributed by atoms with E-state index >= 15 is 0 Å². The molecule has 19 heavy (non-hydrogen) atoms. The van der Waals surface area contributed by atoms with E-state index in [1.165, 1.54) is 7.11 Å². The van der Waals surface area contributed by atoms with Crippen LogP contribution < -0.4 is 14.8 Å². The molecule has 0 aromatic heterocycles. The van der Waals surface area contributed by atoms with Gasteiger partial charge < -0.3 is 19.5 Å². The fourth-order valence-electron chi connectivity index (χ4n) is 1.52. The Morgan fingerprint density at radius 1 is 1.26 bits per heavy atom. The normalized spacial score (nSPS) is 13.5. The highest BCUT2D eigenvalue weighted by atomic mass is 16.5. The van der Waals surface area contributed by atoms with Crippen LogP contribution >= 0.6 is 0 Å². The Balaban J connectivity index is 2.77. The van der Waals surface area contributed by atoms with E-state index in [1.54, 1.807) is 20.0 Å². The SMILES string of the molecule is CCOc1ccccc1OCC(C)(NC)C(=O)OC. The predicted octanol–water partition coefficient (Wildman–Crippen LogP) is 1.62. The van der Waals surface area contributed by atoms with Gasteiger partial charge in [-0.3, -0.25) is 0 Å². The van der Waals surface area contributed by atoms with Crippen LogP contribution in [0.2, 0.25) is 0 Å². The summed E-state index contributed by atoms with van der Waals surface area (Å²) in [6.07, 6.45) is 0. The van der Waals surface area contributed by atoms with Gasteiger partial charge in [0.2, 0.25) is 0 Å². The van der Waals surface area contributed by atoms with Gasteiger partial charge in [0, 0.05) is 0 Å². The Hall–Kier alpha value is -1.75. The molecule has 0 heterocycles.